The Labute approximate surface area is 193 Å². The number of benzene rings is 3. The molecule has 4 aromatic rings. The van der Waals surface area contributed by atoms with E-state index in [1.54, 1.807) is 16.2 Å². The number of carbonyl (C=O) groups excluding carboxylic acids is 1. The van der Waals surface area contributed by atoms with Crippen LogP contribution in [0.1, 0.15) is 43.4 Å². The lowest BCUT2D eigenvalue weighted by molar-refractivity contribution is -0.120. The monoisotopic (exact) mass is 444 g/mol. The van der Waals surface area contributed by atoms with Crippen molar-refractivity contribution >= 4 is 32.6 Å². The molecule has 0 atom stereocenters. The number of fused-ring (bicyclic) bond motifs is 1. The predicted molar refractivity (Wildman–Crippen MR) is 133 cm³/mol. The lowest BCUT2D eigenvalue weighted by atomic mass is 10.0. The van der Waals surface area contributed by atoms with Crippen LogP contribution >= 0.6 is 11.3 Å². The second-order valence-corrected chi connectivity index (χ2v) is 9.14. The first-order valence-electron chi connectivity index (χ1n) is 11.0. The third-order valence-corrected chi connectivity index (χ3v) is 6.52. The highest BCUT2D eigenvalue weighted by Gasteiger charge is 2.21. The molecule has 4 nitrogen and oxygen atoms in total. The molecule has 32 heavy (non-hydrogen) atoms. The SMILES string of the molecule is CCc1ccc2nc(N(Cc3ccccc3)C(=O)COc3ccc(C(C)C)cc3)sc2c1. The first kappa shape index (κ1) is 22.0. The Bertz CT molecular complexity index is 1180. The minimum absolute atomic E-state index is 0.0377. The number of hydrogen-bond donors (Lipinski definition) is 0. The van der Waals surface area contributed by atoms with Gasteiger partial charge < -0.3 is 4.74 Å². The van der Waals surface area contributed by atoms with E-state index < -0.39 is 0 Å². The summed E-state index contributed by atoms with van der Waals surface area (Å²) in [6, 6.07) is 24.2. The maximum absolute atomic E-state index is 13.3. The van der Waals surface area contributed by atoms with Crippen molar-refractivity contribution < 1.29 is 9.53 Å². The van der Waals surface area contributed by atoms with E-state index in [2.05, 4.69) is 32.9 Å². The molecule has 0 unspecified atom stereocenters. The minimum Gasteiger partial charge on any atom is -0.484 e. The first-order chi connectivity index (χ1) is 15.5. The fourth-order valence-corrected chi connectivity index (χ4v) is 4.54. The van der Waals surface area contributed by atoms with Crippen molar-refractivity contribution in [2.45, 2.75) is 39.7 Å². The molecule has 0 aliphatic carbocycles. The Hall–Kier alpha value is -3.18. The summed E-state index contributed by atoms with van der Waals surface area (Å²) in [4.78, 5) is 19.8. The summed E-state index contributed by atoms with van der Waals surface area (Å²) in [7, 11) is 0. The maximum Gasteiger partial charge on any atom is 0.267 e. The van der Waals surface area contributed by atoms with Crippen molar-refractivity contribution in [2.24, 2.45) is 0 Å². The number of carbonyl (C=O) groups is 1. The minimum atomic E-state index is -0.114. The number of rotatable bonds is 8. The van der Waals surface area contributed by atoms with Crippen LogP contribution in [0.25, 0.3) is 10.2 Å². The lowest BCUT2D eigenvalue weighted by Gasteiger charge is -2.20. The molecule has 5 heteroatoms. The van der Waals surface area contributed by atoms with E-state index in [-0.39, 0.29) is 12.5 Å². The van der Waals surface area contributed by atoms with Gasteiger partial charge in [-0.1, -0.05) is 80.6 Å². The highest BCUT2D eigenvalue weighted by atomic mass is 32.1. The first-order valence-corrected chi connectivity index (χ1v) is 11.8. The molecule has 0 fully saturated rings. The molecule has 1 heterocycles. The number of anilines is 1. The molecule has 1 aromatic heterocycles. The summed E-state index contributed by atoms with van der Waals surface area (Å²) in [5.74, 6) is 1.04. The van der Waals surface area contributed by atoms with Gasteiger partial charge in [0.2, 0.25) is 0 Å². The molecule has 0 radical (unpaired) electrons. The Morgan fingerprint density at radius 1 is 1.00 bits per heavy atom. The van der Waals surface area contributed by atoms with Crippen molar-refractivity contribution in [2.75, 3.05) is 11.5 Å². The van der Waals surface area contributed by atoms with Crippen molar-refractivity contribution in [3.05, 3.63) is 89.5 Å². The molecule has 4 rings (SSSR count). The largest absolute Gasteiger partial charge is 0.484 e. The van der Waals surface area contributed by atoms with Gasteiger partial charge in [-0.3, -0.25) is 9.69 Å². The number of hydrogen-bond acceptors (Lipinski definition) is 4. The molecular formula is C27H28N2O2S. The molecular weight excluding hydrogens is 416 g/mol. The van der Waals surface area contributed by atoms with Crippen molar-refractivity contribution in [1.29, 1.82) is 0 Å². The van der Waals surface area contributed by atoms with Crippen LogP contribution in [-0.2, 0) is 17.8 Å². The zero-order valence-corrected chi connectivity index (χ0v) is 19.6. The Balaban J connectivity index is 1.56. The second-order valence-electron chi connectivity index (χ2n) is 8.13. The summed E-state index contributed by atoms with van der Waals surface area (Å²) in [5, 5.41) is 0.695. The van der Waals surface area contributed by atoms with Crippen LogP contribution in [0.15, 0.2) is 72.8 Å². The number of aryl methyl sites for hydroxylation is 1. The van der Waals surface area contributed by atoms with E-state index in [1.807, 2.05) is 60.7 Å². The van der Waals surface area contributed by atoms with Crippen LogP contribution in [0.5, 0.6) is 5.75 Å². The fourth-order valence-electron chi connectivity index (χ4n) is 3.49. The van der Waals surface area contributed by atoms with Gasteiger partial charge in [-0.2, -0.15) is 0 Å². The molecule has 0 aliphatic heterocycles. The van der Waals surface area contributed by atoms with Gasteiger partial charge in [-0.05, 0) is 53.3 Å². The quantitative estimate of drug-likeness (QED) is 0.308. The van der Waals surface area contributed by atoms with E-state index >= 15 is 0 Å². The lowest BCUT2D eigenvalue weighted by Crippen LogP contribution is -2.34. The van der Waals surface area contributed by atoms with Gasteiger partial charge in [0.1, 0.15) is 5.75 Å². The number of nitrogens with zero attached hydrogens (tertiary/aromatic N) is 2. The number of thiazole rings is 1. The van der Waals surface area contributed by atoms with Gasteiger partial charge in [-0.15, -0.1) is 0 Å². The molecule has 3 aromatic carbocycles. The Morgan fingerprint density at radius 2 is 1.75 bits per heavy atom. The number of amides is 1. The van der Waals surface area contributed by atoms with Gasteiger partial charge in [0.05, 0.1) is 16.8 Å². The van der Waals surface area contributed by atoms with Crippen LogP contribution in [0, 0.1) is 0 Å². The van der Waals surface area contributed by atoms with Crippen LogP contribution in [0.4, 0.5) is 5.13 Å². The summed E-state index contributed by atoms with van der Waals surface area (Å²) >= 11 is 1.55. The standard InChI is InChI=1S/C27H28N2O2S/c1-4-20-10-15-24-25(16-20)32-27(28-24)29(17-21-8-6-5-7-9-21)26(30)18-31-23-13-11-22(12-14-23)19(2)3/h5-16,19H,4,17-18H2,1-3H3. The molecule has 1 amide bonds. The average molecular weight is 445 g/mol. The summed E-state index contributed by atoms with van der Waals surface area (Å²) in [5.41, 5.74) is 4.48. The Morgan fingerprint density at radius 3 is 2.44 bits per heavy atom. The van der Waals surface area contributed by atoms with E-state index in [0.717, 1.165) is 22.2 Å². The van der Waals surface area contributed by atoms with Gasteiger partial charge in [-0.25, -0.2) is 4.98 Å². The van der Waals surface area contributed by atoms with E-state index in [0.29, 0.717) is 23.3 Å². The predicted octanol–water partition coefficient (Wildman–Crippen LogP) is 6.59. The van der Waals surface area contributed by atoms with Crippen molar-refractivity contribution in [3.63, 3.8) is 0 Å². The van der Waals surface area contributed by atoms with Crippen molar-refractivity contribution in [1.82, 2.24) is 4.98 Å². The van der Waals surface area contributed by atoms with E-state index in [1.165, 1.54) is 11.1 Å². The third kappa shape index (κ3) is 5.17. The van der Waals surface area contributed by atoms with Crippen LogP contribution in [-0.4, -0.2) is 17.5 Å². The third-order valence-electron chi connectivity index (χ3n) is 5.47. The van der Waals surface area contributed by atoms with Crippen LogP contribution in [0.2, 0.25) is 0 Å². The normalized spacial score (nSPS) is 11.1. The molecule has 0 saturated heterocycles. The van der Waals surface area contributed by atoms with Gasteiger partial charge in [0.15, 0.2) is 11.7 Å². The number of ether oxygens (including phenoxy) is 1. The highest BCUT2D eigenvalue weighted by Crippen LogP contribution is 2.31. The zero-order chi connectivity index (χ0) is 22.5. The number of aromatic nitrogens is 1. The summed E-state index contributed by atoms with van der Waals surface area (Å²) in [6.07, 6.45) is 0.972. The molecule has 0 saturated carbocycles. The zero-order valence-electron chi connectivity index (χ0n) is 18.7. The molecule has 0 bridgehead atoms. The van der Waals surface area contributed by atoms with Gasteiger partial charge in [0, 0.05) is 0 Å². The second kappa shape index (κ2) is 9.96. The fraction of sp³-hybridized carbons (Fsp3) is 0.259. The maximum atomic E-state index is 13.3. The van der Waals surface area contributed by atoms with Crippen LogP contribution < -0.4 is 9.64 Å². The van der Waals surface area contributed by atoms with E-state index in [9.17, 15) is 4.79 Å². The smallest absolute Gasteiger partial charge is 0.267 e. The molecule has 0 N–H and O–H groups in total. The Kier molecular flexibility index (Phi) is 6.86. The molecule has 0 spiro atoms. The van der Waals surface area contributed by atoms with Crippen LogP contribution in [0.3, 0.4) is 0 Å². The van der Waals surface area contributed by atoms with Gasteiger partial charge >= 0.3 is 0 Å². The topological polar surface area (TPSA) is 42.4 Å². The van der Waals surface area contributed by atoms with Crippen molar-refractivity contribution in [3.8, 4) is 5.75 Å². The molecule has 0 aliphatic rings. The molecule has 164 valence electrons. The average Bonchev–Trinajstić information content (AvgIpc) is 3.24. The summed E-state index contributed by atoms with van der Waals surface area (Å²) < 4.78 is 6.93. The van der Waals surface area contributed by atoms with E-state index in [4.69, 9.17) is 9.72 Å². The summed E-state index contributed by atoms with van der Waals surface area (Å²) in [6.45, 7) is 6.86. The highest BCUT2D eigenvalue weighted by molar-refractivity contribution is 7.22. The van der Waals surface area contributed by atoms with Gasteiger partial charge in [0.25, 0.3) is 5.91 Å².